The quantitative estimate of drug-likeness (QED) is 0.727. The van der Waals surface area contributed by atoms with E-state index in [9.17, 15) is 4.79 Å². The standard InChI is InChI=1S/C9H14N4O/c1-6-4-8(12-5-11-6)13-7(2)9(14)10-3/h4-5,7H,1-3H3,(H,10,14)(H,11,12,13)/t7-/m1/s1. The van der Waals surface area contributed by atoms with E-state index in [0.29, 0.717) is 5.82 Å². The molecule has 0 fully saturated rings. The fraction of sp³-hybridized carbons (Fsp3) is 0.444. The van der Waals surface area contributed by atoms with E-state index in [1.807, 2.05) is 6.92 Å². The number of hydrogen-bond acceptors (Lipinski definition) is 4. The minimum Gasteiger partial charge on any atom is -0.359 e. The van der Waals surface area contributed by atoms with Crippen LogP contribution in [0.2, 0.25) is 0 Å². The van der Waals surface area contributed by atoms with Gasteiger partial charge < -0.3 is 10.6 Å². The molecule has 1 aromatic rings. The third-order valence-electron chi connectivity index (χ3n) is 1.81. The zero-order valence-electron chi connectivity index (χ0n) is 8.53. The molecule has 0 saturated carbocycles. The Bertz CT molecular complexity index is 326. The van der Waals surface area contributed by atoms with Crippen molar-refractivity contribution in [3.8, 4) is 0 Å². The second kappa shape index (κ2) is 4.55. The van der Waals surface area contributed by atoms with Crippen molar-refractivity contribution in [2.24, 2.45) is 0 Å². The molecule has 5 heteroatoms. The van der Waals surface area contributed by atoms with Gasteiger partial charge in [0.05, 0.1) is 0 Å². The number of hydrogen-bond donors (Lipinski definition) is 2. The highest BCUT2D eigenvalue weighted by Gasteiger charge is 2.10. The average Bonchev–Trinajstić information content (AvgIpc) is 2.16. The second-order valence-electron chi connectivity index (χ2n) is 3.02. The highest BCUT2D eigenvalue weighted by Crippen LogP contribution is 2.04. The highest BCUT2D eigenvalue weighted by molar-refractivity contribution is 5.83. The van der Waals surface area contributed by atoms with Gasteiger partial charge in [-0.15, -0.1) is 0 Å². The molecule has 1 heterocycles. The third kappa shape index (κ3) is 2.69. The summed E-state index contributed by atoms with van der Waals surface area (Å²) in [7, 11) is 1.60. The Labute approximate surface area is 83.0 Å². The van der Waals surface area contributed by atoms with Crippen molar-refractivity contribution in [1.29, 1.82) is 0 Å². The molecule has 14 heavy (non-hydrogen) atoms. The number of carbonyl (C=O) groups is 1. The molecule has 76 valence electrons. The largest absolute Gasteiger partial charge is 0.359 e. The number of aromatic nitrogens is 2. The number of carbonyl (C=O) groups excluding carboxylic acids is 1. The lowest BCUT2D eigenvalue weighted by molar-refractivity contribution is -0.121. The van der Waals surface area contributed by atoms with Gasteiger partial charge in [0, 0.05) is 18.8 Å². The van der Waals surface area contributed by atoms with Gasteiger partial charge in [0.15, 0.2) is 0 Å². The first-order valence-corrected chi connectivity index (χ1v) is 4.40. The van der Waals surface area contributed by atoms with E-state index < -0.39 is 0 Å². The Hall–Kier alpha value is -1.65. The lowest BCUT2D eigenvalue weighted by Crippen LogP contribution is -2.35. The number of rotatable bonds is 3. The SMILES string of the molecule is CNC(=O)[C@@H](C)Nc1cc(C)ncn1. The zero-order valence-corrected chi connectivity index (χ0v) is 8.53. The molecule has 2 N–H and O–H groups in total. The topological polar surface area (TPSA) is 66.9 Å². The monoisotopic (exact) mass is 194 g/mol. The summed E-state index contributed by atoms with van der Waals surface area (Å²) in [6, 6.07) is 1.49. The summed E-state index contributed by atoms with van der Waals surface area (Å²) < 4.78 is 0. The van der Waals surface area contributed by atoms with Crippen LogP contribution >= 0.6 is 0 Å². The van der Waals surface area contributed by atoms with Crippen LogP contribution in [0.5, 0.6) is 0 Å². The lowest BCUT2D eigenvalue weighted by atomic mass is 10.3. The van der Waals surface area contributed by atoms with Crippen molar-refractivity contribution >= 4 is 11.7 Å². The van der Waals surface area contributed by atoms with E-state index in [1.54, 1.807) is 20.0 Å². The molecule has 1 aromatic heterocycles. The molecule has 1 rings (SSSR count). The van der Waals surface area contributed by atoms with Crippen LogP contribution < -0.4 is 10.6 Å². The molecular formula is C9H14N4O. The smallest absolute Gasteiger partial charge is 0.241 e. The normalized spacial score (nSPS) is 11.9. The number of amides is 1. The van der Waals surface area contributed by atoms with E-state index in [4.69, 9.17) is 0 Å². The molecular weight excluding hydrogens is 180 g/mol. The molecule has 0 aliphatic carbocycles. The van der Waals surface area contributed by atoms with Crippen molar-refractivity contribution in [3.05, 3.63) is 18.1 Å². The van der Waals surface area contributed by atoms with E-state index in [2.05, 4.69) is 20.6 Å². The molecule has 1 atom stereocenters. The maximum absolute atomic E-state index is 11.2. The summed E-state index contributed by atoms with van der Waals surface area (Å²) in [6.45, 7) is 3.65. The molecule has 0 bridgehead atoms. The van der Waals surface area contributed by atoms with Gasteiger partial charge in [-0.3, -0.25) is 4.79 Å². The Balaban J connectivity index is 2.64. The molecule has 1 amide bonds. The van der Waals surface area contributed by atoms with Gasteiger partial charge in [-0.25, -0.2) is 9.97 Å². The van der Waals surface area contributed by atoms with E-state index in [0.717, 1.165) is 5.69 Å². The number of aryl methyl sites for hydroxylation is 1. The van der Waals surface area contributed by atoms with Gasteiger partial charge in [-0.05, 0) is 13.8 Å². The van der Waals surface area contributed by atoms with Crippen LogP contribution in [-0.2, 0) is 4.79 Å². The van der Waals surface area contributed by atoms with E-state index in [1.165, 1.54) is 6.33 Å². The fourth-order valence-electron chi connectivity index (χ4n) is 1.04. The molecule has 0 aliphatic heterocycles. The van der Waals surface area contributed by atoms with Crippen molar-refractivity contribution in [1.82, 2.24) is 15.3 Å². The molecule has 0 aromatic carbocycles. The fourth-order valence-corrected chi connectivity index (χ4v) is 1.04. The molecule has 0 unspecified atom stereocenters. The minimum absolute atomic E-state index is 0.0683. The number of likely N-dealkylation sites (N-methyl/N-ethyl adjacent to an activating group) is 1. The van der Waals surface area contributed by atoms with Crippen molar-refractivity contribution in [3.63, 3.8) is 0 Å². The van der Waals surface area contributed by atoms with Gasteiger partial charge in [0.1, 0.15) is 18.2 Å². The van der Waals surface area contributed by atoms with Gasteiger partial charge in [0.2, 0.25) is 5.91 Å². The van der Waals surface area contributed by atoms with Crippen molar-refractivity contribution in [2.75, 3.05) is 12.4 Å². The van der Waals surface area contributed by atoms with Crippen LogP contribution in [0.15, 0.2) is 12.4 Å². The average molecular weight is 194 g/mol. The number of nitrogens with zero attached hydrogens (tertiary/aromatic N) is 2. The van der Waals surface area contributed by atoms with E-state index in [-0.39, 0.29) is 11.9 Å². The van der Waals surface area contributed by atoms with Gasteiger partial charge in [-0.2, -0.15) is 0 Å². The lowest BCUT2D eigenvalue weighted by Gasteiger charge is -2.12. The first-order chi connectivity index (χ1) is 6.63. The maximum Gasteiger partial charge on any atom is 0.241 e. The Kier molecular flexibility index (Phi) is 3.39. The van der Waals surface area contributed by atoms with Crippen LogP contribution in [-0.4, -0.2) is 29.0 Å². The summed E-state index contributed by atoms with van der Waals surface area (Å²) in [5, 5.41) is 5.52. The summed E-state index contributed by atoms with van der Waals surface area (Å²) in [5.74, 6) is 0.592. The summed E-state index contributed by atoms with van der Waals surface area (Å²) >= 11 is 0. The Morgan fingerprint density at radius 2 is 2.21 bits per heavy atom. The molecule has 0 radical (unpaired) electrons. The molecule has 0 spiro atoms. The summed E-state index contributed by atoms with van der Waals surface area (Å²) in [4.78, 5) is 19.1. The van der Waals surface area contributed by atoms with Crippen molar-refractivity contribution < 1.29 is 4.79 Å². The molecule has 0 saturated heterocycles. The maximum atomic E-state index is 11.2. The first kappa shape index (κ1) is 10.4. The highest BCUT2D eigenvalue weighted by atomic mass is 16.2. The van der Waals surface area contributed by atoms with Crippen LogP contribution in [0.25, 0.3) is 0 Å². The van der Waals surface area contributed by atoms with Gasteiger partial charge in [-0.1, -0.05) is 0 Å². The summed E-state index contributed by atoms with van der Waals surface area (Å²) in [6.07, 6.45) is 1.47. The summed E-state index contributed by atoms with van der Waals surface area (Å²) in [5.41, 5.74) is 0.867. The van der Waals surface area contributed by atoms with Crippen LogP contribution in [0, 0.1) is 6.92 Å². The molecule has 0 aliphatic rings. The van der Waals surface area contributed by atoms with Crippen molar-refractivity contribution in [2.45, 2.75) is 19.9 Å². The Morgan fingerprint density at radius 3 is 2.79 bits per heavy atom. The van der Waals surface area contributed by atoms with Crippen LogP contribution in [0.4, 0.5) is 5.82 Å². The van der Waals surface area contributed by atoms with Gasteiger partial charge in [0.25, 0.3) is 0 Å². The third-order valence-corrected chi connectivity index (χ3v) is 1.81. The van der Waals surface area contributed by atoms with Crippen LogP contribution in [0.3, 0.4) is 0 Å². The predicted octanol–water partition coefficient (Wildman–Crippen LogP) is 0.331. The predicted molar refractivity (Wildman–Crippen MR) is 53.9 cm³/mol. The minimum atomic E-state index is -0.297. The number of anilines is 1. The molecule has 5 nitrogen and oxygen atoms in total. The van der Waals surface area contributed by atoms with Crippen LogP contribution in [0.1, 0.15) is 12.6 Å². The van der Waals surface area contributed by atoms with Gasteiger partial charge >= 0.3 is 0 Å². The zero-order chi connectivity index (χ0) is 10.6. The Morgan fingerprint density at radius 1 is 1.50 bits per heavy atom. The first-order valence-electron chi connectivity index (χ1n) is 4.40. The second-order valence-corrected chi connectivity index (χ2v) is 3.02. The number of nitrogens with one attached hydrogen (secondary N) is 2. The van der Waals surface area contributed by atoms with E-state index >= 15 is 0 Å².